The van der Waals surface area contributed by atoms with Crippen LogP contribution in [0.5, 0.6) is 5.75 Å². The van der Waals surface area contributed by atoms with Crippen molar-refractivity contribution in [1.29, 1.82) is 0 Å². The van der Waals surface area contributed by atoms with E-state index in [0.29, 0.717) is 26.2 Å². The fraction of sp³-hybridized carbons (Fsp3) is 0.562. The first-order valence-corrected chi connectivity index (χ1v) is 7.09. The van der Waals surface area contributed by atoms with Gasteiger partial charge in [0.25, 0.3) is 0 Å². The molecule has 0 radical (unpaired) electrons. The normalized spacial score (nSPS) is 11.2. The quantitative estimate of drug-likeness (QED) is 0.743. The van der Waals surface area contributed by atoms with Crippen LogP contribution < -0.4 is 10.1 Å². The number of hydrogen-bond donors (Lipinski definition) is 1. The van der Waals surface area contributed by atoms with Gasteiger partial charge in [-0.2, -0.15) is 0 Å². The molecule has 4 nitrogen and oxygen atoms in total. The van der Waals surface area contributed by atoms with Crippen molar-refractivity contribution in [3.05, 3.63) is 29.8 Å². The molecule has 0 saturated carbocycles. The van der Waals surface area contributed by atoms with Gasteiger partial charge in [-0.15, -0.1) is 0 Å². The Bertz CT molecular complexity index is 412. The summed E-state index contributed by atoms with van der Waals surface area (Å²) in [7, 11) is 0. The van der Waals surface area contributed by atoms with Crippen molar-refractivity contribution in [3.8, 4) is 5.75 Å². The molecular weight excluding hydrogens is 254 g/mol. The number of benzene rings is 1. The summed E-state index contributed by atoms with van der Waals surface area (Å²) in [5.41, 5.74) is 0.871. The predicted octanol–water partition coefficient (Wildman–Crippen LogP) is 2.91. The van der Waals surface area contributed by atoms with E-state index in [2.05, 4.69) is 5.32 Å². The van der Waals surface area contributed by atoms with Crippen LogP contribution in [0.25, 0.3) is 0 Å². The molecule has 0 spiro atoms. The van der Waals surface area contributed by atoms with Gasteiger partial charge in [-0.05, 0) is 45.4 Å². The summed E-state index contributed by atoms with van der Waals surface area (Å²) in [6.45, 7) is 9.58. The van der Waals surface area contributed by atoms with Crippen molar-refractivity contribution in [2.24, 2.45) is 0 Å². The van der Waals surface area contributed by atoms with Gasteiger partial charge in [0.15, 0.2) is 0 Å². The second-order valence-electron chi connectivity index (χ2n) is 5.30. The first-order chi connectivity index (χ1) is 9.46. The molecule has 4 heteroatoms. The largest absolute Gasteiger partial charge is 0.494 e. The average molecular weight is 279 g/mol. The highest BCUT2D eigenvalue weighted by molar-refractivity contribution is 5.70. The highest BCUT2D eigenvalue weighted by atomic mass is 16.5. The van der Waals surface area contributed by atoms with Gasteiger partial charge in [0, 0.05) is 12.1 Å². The predicted molar refractivity (Wildman–Crippen MR) is 79.8 cm³/mol. The third-order valence-electron chi connectivity index (χ3n) is 2.90. The van der Waals surface area contributed by atoms with Crippen LogP contribution >= 0.6 is 0 Å². The van der Waals surface area contributed by atoms with Crippen molar-refractivity contribution < 1.29 is 14.3 Å². The van der Waals surface area contributed by atoms with Gasteiger partial charge in [0.2, 0.25) is 0 Å². The van der Waals surface area contributed by atoms with Crippen molar-refractivity contribution in [2.45, 2.75) is 46.2 Å². The number of hydrogen-bond acceptors (Lipinski definition) is 4. The van der Waals surface area contributed by atoms with E-state index >= 15 is 0 Å². The zero-order chi connectivity index (χ0) is 15.0. The lowest BCUT2D eigenvalue weighted by Crippen LogP contribution is -2.41. The molecule has 0 heterocycles. The van der Waals surface area contributed by atoms with Crippen LogP contribution in [0.3, 0.4) is 0 Å². The number of esters is 1. The fourth-order valence-corrected chi connectivity index (χ4v) is 1.85. The second kappa shape index (κ2) is 7.90. The van der Waals surface area contributed by atoms with E-state index in [1.165, 1.54) is 0 Å². The smallest absolute Gasteiger partial charge is 0.307 e. The highest BCUT2D eigenvalue weighted by Crippen LogP contribution is 2.14. The summed E-state index contributed by atoms with van der Waals surface area (Å²) in [4.78, 5) is 11.5. The molecule has 0 fully saturated rings. The minimum Gasteiger partial charge on any atom is -0.494 e. The average Bonchev–Trinajstić information content (AvgIpc) is 2.38. The lowest BCUT2D eigenvalue weighted by molar-refractivity contribution is -0.144. The summed E-state index contributed by atoms with van der Waals surface area (Å²) >= 11 is 0. The molecule has 0 atom stereocenters. The van der Waals surface area contributed by atoms with Crippen LogP contribution in [0, 0.1) is 0 Å². The molecule has 1 aromatic carbocycles. The molecular formula is C16H25NO3. The Labute approximate surface area is 121 Å². The van der Waals surface area contributed by atoms with Crippen LogP contribution in [-0.4, -0.2) is 24.7 Å². The van der Waals surface area contributed by atoms with Crippen molar-refractivity contribution in [3.63, 3.8) is 0 Å². The van der Waals surface area contributed by atoms with E-state index in [0.717, 1.165) is 11.3 Å². The molecule has 1 rings (SSSR count). The molecule has 1 N–H and O–H groups in total. The third kappa shape index (κ3) is 6.06. The van der Waals surface area contributed by atoms with Crippen LogP contribution in [0.2, 0.25) is 0 Å². The van der Waals surface area contributed by atoms with E-state index in [1.807, 2.05) is 52.0 Å². The van der Waals surface area contributed by atoms with E-state index in [9.17, 15) is 4.79 Å². The Kier molecular flexibility index (Phi) is 6.52. The molecule has 0 amide bonds. The maximum atomic E-state index is 11.5. The number of nitrogens with one attached hydrogen (secondary N) is 1. The Morgan fingerprint density at radius 2 is 1.80 bits per heavy atom. The highest BCUT2D eigenvalue weighted by Gasteiger charge is 2.21. The zero-order valence-corrected chi connectivity index (χ0v) is 12.9. The fourth-order valence-electron chi connectivity index (χ4n) is 1.85. The number of carbonyl (C=O) groups excluding carboxylic acids is 1. The van der Waals surface area contributed by atoms with Gasteiger partial charge in [-0.25, -0.2) is 0 Å². The van der Waals surface area contributed by atoms with Gasteiger partial charge in [0.05, 0.1) is 19.6 Å². The number of rotatable bonds is 8. The van der Waals surface area contributed by atoms with E-state index in [4.69, 9.17) is 9.47 Å². The monoisotopic (exact) mass is 279 g/mol. The van der Waals surface area contributed by atoms with E-state index in [-0.39, 0.29) is 11.5 Å². The molecule has 0 aliphatic rings. The summed E-state index contributed by atoms with van der Waals surface area (Å²) in [6.07, 6.45) is 0.359. The van der Waals surface area contributed by atoms with E-state index < -0.39 is 0 Å². The van der Waals surface area contributed by atoms with Gasteiger partial charge in [-0.1, -0.05) is 12.1 Å². The van der Waals surface area contributed by atoms with Gasteiger partial charge >= 0.3 is 5.97 Å². The zero-order valence-electron chi connectivity index (χ0n) is 12.9. The van der Waals surface area contributed by atoms with E-state index in [1.54, 1.807) is 0 Å². The number of ether oxygens (including phenoxy) is 2. The number of carbonyl (C=O) groups is 1. The minimum atomic E-state index is -0.287. The maximum Gasteiger partial charge on any atom is 0.307 e. The minimum absolute atomic E-state index is 0.170. The lowest BCUT2D eigenvalue weighted by Gasteiger charge is -2.25. The Morgan fingerprint density at radius 1 is 1.15 bits per heavy atom. The third-order valence-corrected chi connectivity index (χ3v) is 2.90. The van der Waals surface area contributed by atoms with Crippen LogP contribution in [-0.2, 0) is 16.1 Å². The Balaban J connectivity index is 2.46. The molecule has 0 unspecified atom stereocenters. The molecule has 0 aromatic heterocycles. The van der Waals surface area contributed by atoms with Gasteiger partial charge in [-0.3, -0.25) is 4.79 Å². The van der Waals surface area contributed by atoms with Crippen molar-refractivity contribution in [2.75, 3.05) is 13.2 Å². The molecule has 0 bridgehead atoms. The molecule has 0 saturated heterocycles. The van der Waals surface area contributed by atoms with Crippen LogP contribution in [0.1, 0.15) is 39.7 Å². The standard InChI is InChI=1S/C16H25NO3/c1-5-19-14-9-7-13(8-10-14)12-17-16(3,4)11-15(18)20-6-2/h7-10,17H,5-6,11-12H2,1-4H3. The molecule has 20 heavy (non-hydrogen) atoms. The summed E-state index contributed by atoms with van der Waals surface area (Å²) in [5, 5.41) is 3.37. The Morgan fingerprint density at radius 3 is 2.35 bits per heavy atom. The summed E-state index contributed by atoms with van der Waals surface area (Å²) in [6, 6.07) is 7.97. The Hall–Kier alpha value is -1.55. The first-order valence-electron chi connectivity index (χ1n) is 7.09. The SMILES string of the molecule is CCOC(=O)CC(C)(C)NCc1ccc(OCC)cc1. The lowest BCUT2D eigenvalue weighted by atomic mass is 10.0. The summed E-state index contributed by atoms with van der Waals surface area (Å²) in [5.74, 6) is 0.707. The second-order valence-corrected chi connectivity index (χ2v) is 5.30. The molecule has 112 valence electrons. The molecule has 1 aromatic rings. The first kappa shape index (κ1) is 16.5. The van der Waals surface area contributed by atoms with Gasteiger partial charge < -0.3 is 14.8 Å². The van der Waals surface area contributed by atoms with Crippen LogP contribution in [0.4, 0.5) is 0 Å². The van der Waals surface area contributed by atoms with Crippen LogP contribution in [0.15, 0.2) is 24.3 Å². The van der Waals surface area contributed by atoms with Crippen molar-refractivity contribution >= 4 is 5.97 Å². The van der Waals surface area contributed by atoms with Gasteiger partial charge in [0.1, 0.15) is 5.75 Å². The maximum absolute atomic E-state index is 11.5. The molecule has 0 aliphatic carbocycles. The topological polar surface area (TPSA) is 47.6 Å². The summed E-state index contributed by atoms with van der Waals surface area (Å²) < 4.78 is 10.4. The molecule has 0 aliphatic heterocycles. The van der Waals surface area contributed by atoms with Crippen molar-refractivity contribution in [1.82, 2.24) is 5.32 Å².